The van der Waals surface area contributed by atoms with Gasteiger partial charge >= 0.3 is 0 Å². The molecule has 0 bridgehead atoms. The molecule has 0 aromatic heterocycles. The molecule has 0 spiro atoms. The van der Waals surface area contributed by atoms with Crippen molar-refractivity contribution in [1.29, 1.82) is 0 Å². The SMILES string of the molecule is Cc1ccc(F)cc1C(C)(N)C(F)F. The zero-order chi connectivity index (χ0) is 10.9. The lowest BCUT2D eigenvalue weighted by molar-refractivity contribution is 0.0620. The van der Waals surface area contributed by atoms with Crippen molar-refractivity contribution in [3.05, 3.63) is 35.1 Å². The normalized spacial score (nSPS) is 15.6. The van der Waals surface area contributed by atoms with E-state index in [-0.39, 0.29) is 5.56 Å². The Morgan fingerprint density at radius 2 is 1.93 bits per heavy atom. The highest BCUT2D eigenvalue weighted by molar-refractivity contribution is 5.33. The van der Waals surface area contributed by atoms with E-state index in [0.717, 1.165) is 6.07 Å². The van der Waals surface area contributed by atoms with Gasteiger partial charge in [0.25, 0.3) is 6.43 Å². The van der Waals surface area contributed by atoms with Gasteiger partial charge in [-0.15, -0.1) is 0 Å². The van der Waals surface area contributed by atoms with Crippen LogP contribution in [-0.4, -0.2) is 6.43 Å². The molecule has 2 N–H and O–H groups in total. The molecule has 78 valence electrons. The number of aryl methyl sites for hydroxylation is 1. The first-order valence-corrected chi connectivity index (χ1v) is 4.19. The van der Waals surface area contributed by atoms with E-state index in [4.69, 9.17) is 5.73 Å². The van der Waals surface area contributed by atoms with Crippen LogP contribution in [0.25, 0.3) is 0 Å². The van der Waals surface area contributed by atoms with Crippen LogP contribution >= 0.6 is 0 Å². The maximum absolute atomic E-state index is 12.8. The summed E-state index contributed by atoms with van der Waals surface area (Å²) in [5.74, 6) is -0.553. The van der Waals surface area contributed by atoms with Crippen molar-refractivity contribution >= 4 is 0 Å². The second kappa shape index (κ2) is 3.61. The second-order valence-electron chi connectivity index (χ2n) is 3.54. The van der Waals surface area contributed by atoms with Crippen molar-refractivity contribution in [1.82, 2.24) is 0 Å². The average Bonchev–Trinajstić information content (AvgIpc) is 2.08. The zero-order valence-electron chi connectivity index (χ0n) is 8.02. The predicted octanol–water partition coefficient (Wildman–Crippen LogP) is 2.57. The van der Waals surface area contributed by atoms with Crippen LogP contribution in [0.1, 0.15) is 18.1 Å². The summed E-state index contributed by atoms with van der Waals surface area (Å²) in [7, 11) is 0. The van der Waals surface area contributed by atoms with Crippen LogP contribution in [0.5, 0.6) is 0 Å². The summed E-state index contributed by atoms with van der Waals surface area (Å²) in [5.41, 5.74) is 4.35. The van der Waals surface area contributed by atoms with Crippen LogP contribution in [0.15, 0.2) is 18.2 Å². The van der Waals surface area contributed by atoms with Crippen LogP contribution in [0.4, 0.5) is 13.2 Å². The molecule has 0 saturated heterocycles. The van der Waals surface area contributed by atoms with Crippen molar-refractivity contribution in [2.45, 2.75) is 25.8 Å². The Kier molecular flexibility index (Phi) is 2.85. The summed E-state index contributed by atoms with van der Waals surface area (Å²) in [4.78, 5) is 0. The second-order valence-corrected chi connectivity index (χ2v) is 3.54. The van der Waals surface area contributed by atoms with Gasteiger partial charge in [-0.05, 0) is 37.1 Å². The summed E-state index contributed by atoms with van der Waals surface area (Å²) in [6.45, 7) is 2.82. The minimum absolute atomic E-state index is 0.146. The van der Waals surface area contributed by atoms with Crippen LogP contribution in [-0.2, 0) is 5.54 Å². The van der Waals surface area contributed by atoms with Crippen molar-refractivity contribution in [3.63, 3.8) is 0 Å². The number of alkyl halides is 2. The molecular formula is C10H12F3N. The van der Waals surface area contributed by atoms with Gasteiger partial charge in [0.2, 0.25) is 0 Å². The molecule has 0 fully saturated rings. The number of rotatable bonds is 2. The fourth-order valence-corrected chi connectivity index (χ4v) is 1.29. The van der Waals surface area contributed by atoms with Crippen molar-refractivity contribution in [2.24, 2.45) is 5.73 Å². The standard InChI is InChI=1S/C10H12F3N/c1-6-3-4-7(11)5-8(6)10(2,14)9(12)13/h3-5,9H,14H2,1-2H3. The molecule has 0 heterocycles. The van der Waals surface area contributed by atoms with E-state index in [1.165, 1.54) is 19.1 Å². The Bertz CT molecular complexity index is 334. The van der Waals surface area contributed by atoms with Gasteiger partial charge in [-0.3, -0.25) is 0 Å². The quantitative estimate of drug-likeness (QED) is 0.785. The van der Waals surface area contributed by atoms with Gasteiger partial charge in [0.15, 0.2) is 0 Å². The molecule has 1 nitrogen and oxygen atoms in total. The predicted molar refractivity (Wildman–Crippen MR) is 48.7 cm³/mol. The molecule has 1 rings (SSSR count). The fourth-order valence-electron chi connectivity index (χ4n) is 1.29. The molecule has 1 aromatic rings. The Hall–Kier alpha value is -1.03. The van der Waals surface area contributed by atoms with Crippen LogP contribution in [0, 0.1) is 12.7 Å². The molecular weight excluding hydrogens is 191 g/mol. The molecule has 1 aromatic carbocycles. The van der Waals surface area contributed by atoms with Crippen LogP contribution in [0.2, 0.25) is 0 Å². The number of halogens is 3. The van der Waals surface area contributed by atoms with E-state index in [9.17, 15) is 13.2 Å². The molecule has 0 amide bonds. The van der Waals surface area contributed by atoms with Gasteiger partial charge in [-0.1, -0.05) is 6.07 Å². The summed E-state index contributed by atoms with van der Waals surface area (Å²) in [6.07, 6.45) is -2.72. The molecule has 0 aliphatic carbocycles. The number of hydrogen-bond donors (Lipinski definition) is 1. The van der Waals surface area contributed by atoms with E-state index in [0.29, 0.717) is 5.56 Å². The Labute approximate surface area is 80.7 Å². The monoisotopic (exact) mass is 203 g/mol. The minimum Gasteiger partial charge on any atom is -0.317 e. The van der Waals surface area contributed by atoms with E-state index in [2.05, 4.69) is 0 Å². The van der Waals surface area contributed by atoms with Gasteiger partial charge in [0.1, 0.15) is 11.4 Å². The summed E-state index contributed by atoms with van der Waals surface area (Å²) in [5, 5.41) is 0. The summed E-state index contributed by atoms with van der Waals surface area (Å²) in [6, 6.07) is 3.72. The van der Waals surface area contributed by atoms with E-state index in [1.807, 2.05) is 0 Å². The molecule has 14 heavy (non-hydrogen) atoms. The lowest BCUT2D eigenvalue weighted by Crippen LogP contribution is -2.41. The topological polar surface area (TPSA) is 26.0 Å². The molecule has 0 saturated carbocycles. The van der Waals surface area contributed by atoms with E-state index >= 15 is 0 Å². The van der Waals surface area contributed by atoms with Gasteiger partial charge in [0.05, 0.1) is 0 Å². The highest BCUT2D eigenvalue weighted by Gasteiger charge is 2.33. The first-order valence-electron chi connectivity index (χ1n) is 4.19. The van der Waals surface area contributed by atoms with Crippen molar-refractivity contribution in [3.8, 4) is 0 Å². The highest BCUT2D eigenvalue weighted by Crippen LogP contribution is 2.28. The van der Waals surface area contributed by atoms with Gasteiger partial charge in [0, 0.05) is 0 Å². The maximum Gasteiger partial charge on any atom is 0.260 e. The third kappa shape index (κ3) is 1.90. The average molecular weight is 203 g/mol. The van der Waals surface area contributed by atoms with Crippen LogP contribution < -0.4 is 5.73 Å². The Morgan fingerprint density at radius 3 is 2.43 bits per heavy atom. The van der Waals surface area contributed by atoms with Crippen molar-refractivity contribution < 1.29 is 13.2 Å². The molecule has 0 aliphatic rings. The third-order valence-electron chi connectivity index (χ3n) is 2.23. The fraction of sp³-hybridized carbons (Fsp3) is 0.400. The molecule has 4 heteroatoms. The summed E-state index contributed by atoms with van der Waals surface area (Å²) >= 11 is 0. The Morgan fingerprint density at radius 1 is 1.36 bits per heavy atom. The van der Waals surface area contributed by atoms with E-state index < -0.39 is 17.8 Å². The highest BCUT2D eigenvalue weighted by atomic mass is 19.3. The van der Waals surface area contributed by atoms with Crippen LogP contribution in [0.3, 0.4) is 0 Å². The van der Waals surface area contributed by atoms with Gasteiger partial charge in [-0.25, -0.2) is 13.2 Å². The molecule has 0 aliphatic heterocycles. The lowest BCUT2D eigenvalue weighted by Gasteiger charge is -2.25. The Balaban J connectivity index is 3.24. The number of benzene rings is 1. The van der Waals surface area contributed by atoms with E-state index in [1.54, 1.807) is 6.92 Å². The van der Waals surface area contributed by atoms with Crippen molar-refractivity contribution in [2.75, 3.05) is 0 Å². The molecule has 1 atom stereocenters. The molecule has 1 unspecified atom stereocenters. The largest absolute Gasteiger partial charge is 0.317 e. The number of hydrogen-bond acceptors (Lipinski definition) is 1. The minimum atomic E-state index is -2.72. The van der Waals surface area contributed by atoms with Gasteiger partial charge in [-0.2, -0.15) is 0 Å². The first kappa shape index (κ1) is 11.0. The van der Waals surface area contributed by atoms with Gasteiger partial charge < -0.3 is 5.73 Å². The zero-order valence-corrected chi connectivity index (χ0v) is 8.02. The molecule has 0 radical (unpaired) electrons. The maximum atomic E-state index is 12.8. The first-order chi connectivity index (χ1) is 6.35. The summed E-state index contributed by atoms with van der Waals surface area (Å²) < 4.78 is 38.0. The lowest BCUT2D eigenvalue weighted by atomic mass is 9.90. The third-order valence-corrected chi connectivity index (χ3v) is 2.23. The smallest absolute Gasteiger partial charge is 0.260 e. The number of nitrogens with two attached hydrogens (primary N) is 1.